The molecule has 6 nitrogen and oxygen atoms in total. The average Bonchev–Trinajstić information content (AvgIpc) is 2.52. The Kier molecular flexibility index (Phi) is 4.05. The molecule has 0 aromatic carbocycles. The van der Waals surface area contributed by atoms with Crippen LogP contribution in [0.4, 0.5) is 0 Å². The number of aliphatic hydroxyl groups is 4. The Morgan fingerprint density at radius 2 is 1.33 bits per heavy atom. The topological polar surface area (TPSA) is 99.4 Å². The Morgan fingerprint density at radius 1 is 1.00 bits per heavy atom. The van der Waals surface area contributed by atoms with Gasteiger partial charge < -0.3 is 29.9 Å². The lowest BCUT2D eigenvalue weighted by molar-refractivity contribution is -0.163. The molecule has 90 valence electrons. The molecule has 1 aliphatic heterocycles. The molecule has 4 N–H and O–H groups in total. The second kappa shape index (κ2) is 4.73. The first-order chi connectivity index (χ1) is 6.91. The van der Waals surface area contributed by atoms with Gasteiger partial charge in [-0.3, -0.25) is 0 Å². The molecule has 1 aliphatic rings. The van der Waals surface area contributed by atoms with Crippen molar-refractivity contribution < 1.29 is 29.9 Å². The summed E-state index contributed by atoms with van der Waals surface area (Å²) in [6, 6.07) is 0. The molecule has 0 spiro atoms. The number of rotatable bonds is 4. The molecule has 1 saturated heterocycles. The van der Waals surface area contributed by atoms with E-state index in [4.69, 9.17) is 19.7 Å². The van der Waals surface area contributed by atoms with E-state index in [2.05, 4.69) is 0 Å². The zero-order valence-corrected chi connectivity index (χ0v) is 8.83. The van der Waals surface area contributed by atoms with Gasteiger partial charge in [-0.2, -0.15) is 0 Å². The van der Waals surface area contributed by atoms with Crippen LogP contribution in [0.15, 0.2) is 0 Å². The van der Waals surface area contributed by atoms with Crippen LogP contribution in [0, 0.1) is 0 Å². The fraction of sp³-hybridized carbons (Fsp3) is 1.00. The first kappa shape index (κ1) is 12.8. The molecule has 0 aliphatic carbocycles. The minimum absolute atomic E-state index is 0.487. The zero-order valence-electron chi connectivity index (χ0n) is 8.83. The van der Waals surface area contributed by atoms with Gasteiger partial charge in [0, 0.05) is 0 Å². The summed E-state index contributed by atoms with van der Waals surface area (Å²) in [5.74, 6) is -0.943. The van der Waals surface area contributed by atoms with Crippen molar-refractivity contribution in [2.24, 2.45) is 0 Å². The van der Waals surface area contributed by atoms with Gasteiger partial charge in [-0.25, -0.2) is 0 Å². The van der Waals surface area contributed by atoms with Gasteiger partial charge in [-0.1, -0.05) is 0 Å². The largest absolute Gasteiger partial charge is 0.394 e. The fourth-order valence-electron chi connectivity index (χ4n) is 1.62. The predicted octanol–water partition coefficient (Wildman–Crippen LogP) is -1.79. The highest BCUT2D eigenvalue weighted by atomic mass is 16.8. The van der Waals surface area contributed by atoms with E-state index in [9.17, 15) is 10.2 Å². The van der Waals surface area contributed by atoms with E-state index < -0.39 is 43.4 Å². The lowest BCUT2D eigenvalue weighted by Gasteiger charge is -2.23. The summed E-state index contributed by atoms with van der Waals surface area (Å²) in [4.78, 5) is 0. The van der Waals surface area contributed by atoms with Crippen LogP contribution in [0.2, 0.25) is 0 Å². The van der Waals surface area contributed by atoms with E-state index in [1.54, 1.807) is 13.8 Å². The first-order valence-electron chi connectivity index (χ1n) is 4.85. The Labute approximate surface area is 88.1 Å². The number of hydrogen-bond donors (Lipinski definition) is 4. The SMILES string of the molecule is CC1(C)O[C@H]([C@@H](O)CO)[C@@H]([C@@H](O)CO)O1. The van der Waals surface area contributed by atoms with Gasteiger partial charge in [-0.15, -0.1) is 0 Å². The third kappa shape index (κ3) is 2.87. The number of hydrogen-bond acceptors (Lipinski definition) is 6. The van der Waals surface area contributed by atoms with Gasteiger partial charge in [-0.05, 0) is 13.8 Å². The Balaban J connectivity index is 2.74. The van der Waals surface area contributed by atoms with Gasteiger partial charge in [0.25, 0.3) is 0 Å². The molecule has 0 unspecified atom stereocenters. The van der Waals surface area contributed by atoms with Crippen molar-refractivity contribution in [3.63, 3.8) is 0 Å². The van der Waals surface area contributed by atoms with Gasteiger partial charge >= 0.3 is 0 Å². The van der Waals surface area contributed by atoms with Crippen LogP contribution >= 0.6 is 0 Å². The highest BCUT2D eigenvalue weighted by Crippen LogP contribution is 2.31. The van der Waals surface area contributed by atoms with Gasteiger partial charge in [0.2, 0.25) is 0 Å². The van der Waals surface area contributed by atoms with Crippen LogP contribution in [0.1, 0.15) is 13.8 Å². The Morgan fingerprint density at radius 3 is 1.60 bits per heavy atom. The van der Waals surface area contributed by atoms with Gasteiger partial charge in [0.1, 0.15) is 24.4 Å². The molecule has 0 radical (unpaired) electrons. The molecule has 1 rings (SSSR count). The lowest BCUT2D eigenvalue weighted by Crippen LogP contribution is -2.45. The lowest BCUT2D eigenvalue weighted by atomic mass is 10.0. The van der Waals surface area contributed by atoms with E-state index in [-0.39, 0.29) is 0 Å². The highest BCUT2D eigenvalue weighted by molar-refractivity contribution is 4.90. The van der Waals surface area contributed by atoms with E-state index >= 15 is 0 Å². The van der Waals surface area contributed by atoms with Crippen LogP contribution < -0.4 is 0 Å². The molecule has 0 saturated carbocycles. The van der Waals surface area contributed by atoms with Crippen molar-refractivity contribution in [3.05, 3.63) is 0 Å². The molecule has 1 heterocycles. The third-order valence-electron chi connectivity index (χ3n) is 2.30. The molecule has 4 atom stereocenters. The van der Waals surface area contributed by atoms with Gasteiger partial charge in [0.05, 0.1) is 13.2 Å². The summed E-state index contributed by atoms with van der Waals surface area (Å²) >= 11 is 0. The standard InChI is InChI=1S/C9H18O6/c1-9(2)14-7(5(12)3-10)8(15-9)6(13)4-11/h5-8,10-13H,3-4H2,1-2H3/t5-,6-,7+,8+/m0/s1. The van der Waals surface area contributed by atoms with E-state index in [1.807, 2.05) is 0 Å². The number of ether oxygens (including phenoxy) is 2. The third-order valence-corrected chi connectivity index (χ3v) is 2.30. The fourth-order valence-corrected chi connectivity index (χ4v) is 1.62. The van der Waals surface area contributed by atoms with E-state index in [1.165, 1.54) is 0 Å². The average molecular weight is 222 g/mol. The zero-order chi connectivity index (χ0) is 11.6. The van der Waals surface area contributed by atoms with E-state index in [0.29, 0.717) is 0 Å². The molecule has 15 heavy (non-hydrogen) atoms. The van der Waals surface area contributed by atoms with Gasteiger partial charge in [0.15, 0.2) is 5.79 Å². The molecule has 0 aromatic rings. The summed E-state index contributed by atoms with van der Waals surface area (Å²) < 4.78 is 10.7. The normalized spacial score (nSPS) is 34.0. The molecule has 1 fully saturated rings. The molecule has 6 heteroatoms. The second-order valence-electron chi connectivity index (χ2n) is 4.06. The first-order valence-corrected chi connectivity index (χ1v) is 4.85. The highest BCUT2D eigenvalue weighted by Gasteiger charge is 2.47. The van der Waals surface area contributed by atoms with Crippen molar-refractivity contribution in [2.75, 3.05) is 13.2 Å². The predicted molar refractivity (Wildman–Crippen MR) is 50.0 cm³/mol. The van der Waals surface area contributed by atoms with E-state index in [0.717, 1.165) is 0 Å². The number of aliphatic hydroxyl groups excluding tert-OH is 4. The Hall–Kier alpha value is -0.240. The summed E-state index contributed by atoms with van der Waals surface area (Å²) in [5.41, 5.74) is 0. The molecule has 0 aromatic heterocycles. The van der Waals surface area contributed by atoms with Crippen molar-refractivity contribution in [1.29, 1.82) is 0 Å². The van der Waals surface area contributed by atoms with Crippen LogP contribution in [-0.2, 0) is 9.47 Å². The minimum Gasteiger partial charge on any atom is -0.394 e. The Bertz CT molecular complexity index is 187. The van der Waals surface area contributed by atoms with Crippen molar-refractivity contribution in [3.8, 4) is 0 Å². The van der Waals surface area contributed by atoms with Crippen LogP contribution in [-0.4, -0.2) is 63.8 Å². The quantitative estimate of drug-likeness (QED) is 0.448. The van der Waals surface area contributed by atoms with Crippen molar-refractivity contribution in [1.82, 2.24) is 0 Å². The van der Waals surface area contributed by atoms with Crippen LogP contribution in [0.5, 0.6) is 0 Å². The molecule has 0 amide bonds. The van der Waals surface area contributed by atoms with Crippen molar-refractivity contribution >= 4 is 0 Å². The molecule has 0 bridgehead atoms. The van der Waals surface area contributed by atoms with Crippen LogP contribution in [0.25, 0.3) is 0 Å². The summed E-state index contributed by atoms with van der Waals surface area (Å²) in [6.45, 7) is 2.29. The monoisotopic (exact) mass is 222 g/mol. The molecular weight excluding hydrogens is 204 g/mol. The summed E-state index contributed by atoms with van der Waals surface area (Å²) in [6.07, 6.45) is -3.96. The minimum atomic E-state index is -1.14. The maximum atomic E-state index is 9.46. The maximum absolute atomic E-state index is 9.46. The second-order valence-corrected chi connectivity index (χ2v) is 4.06. The van der Waals surface area contributed by atoms with Crippen LogP contribution in [0.3, 0.4) is 0 Å². The maximum Gasteiger partial charge on any atom is 0.164 e. The summed E-state index contributed by atoms with van der Waals surface area (Å²) in [5, 5.41) is 36.5. The molecular formula is C9H18O6. The smallest absolute Gasteiger partial charge is 0.164 e. The summed E-state index contributed by atoms with van der Waals surface area (Å²) in [7, 11) is 0. The van der Waals surface area contributed by atoms with Crippen molar-refractivity contribution in [2.45, 2.75) is 44.1 Å².